The third-order valence-electron chi connectivity index (χ3n) is 3.06. The van der Waals surface area contributed by atoms with Gasteiger partial charge in [0, 0.05) is 12.7 Å². The van der Waals surface area contributed by atoms with Gasteiger partial charge in [-0.2, -0.15) is 5.26 Å². The van der Waals surface area contributed by atoms with E-state index in [-0.39, 0.29) is 11.8 Å². The van der Waals surface area contributed by atoms with Crippen LogP contribution in [0.2, 0.25) is 0 Å². The Hall–Kier alpha value is -2.67. The summed E-state index contributed by atoms with van der Waals surface area (Å²) in [7, 11) is 0. The summed E-state index contributed by atoms with van der Waals surface area (Å²) in [5, 5.41) is 11.5. The summed E-state index contributed by atoms with van der Waals surface area (Å²) in [6.45, 7) is 2.60. The predicted molar refractivity (Wildman–Crippen MR) is 76.1 cm³/mol. The van der Waals surface area contributed by atoms with Crippen molar-refractivity contribution in [1.82, 2.24) is 10.3 Å². The number of benzene rings is 1. The van der Waals surface area contributed by atoms with Gasteiger partial charge in [-0.3, -0.25) is 4.79 Å². The molecule has 1 N–H and O–H groups in total. The highest BCUT2D eigenvalue weighted by molar-refractivity contribution is 5.92. The predicted octanol–water partition coefficient (Wildman–Crippen LogP) is 2.49. The van der Waals surface area contributed by atoms with Crippen molar-refractivity contribution in [1.29, 1.82) is 5.26 Å². The zero-order valence-electron chi connectivity index (χ0n) is 11.2. The van der Waals surface area contributed by atoms with Crippen molar-refractivity contribution in [3.63, 3.8) is 0 Å². The Labute approximate surface area is 118 Å². The SMILES string of the molecule is CC(CNC(=O)c1ccc(C#N)cn1)c1ccccc1. The molecule has 0 saturated heterocycles. The molecule has 0 radical (unpaired) electrons. The maximum Gasteiger partial charge on any atom is 0.269 e. The Morgan fingerprint density at radius 3 is 2.65 bits per heavy atom. The first-order chi connectivity index (χ1) is 9.70. The lowest BCUT2D eigenvalue weighted by Crippen LogP contribution is -2.28. The first-order valence-corrected chi connectivity index (χ1v) is 6.40. The lowest BCUT2D eigenvalue weighted by Gasteiger charge is -2.12. The number of aromatic nitrogens is 1. The van der Waals surface area contributed by atoms with Crippen molar-refractivity contribution in [2.45, 2.75) is 12.8 Å². The van der Waals surface area contributed by atoms with Crippen LogP contribution in [0.15, 0.2) is 48.7 Å². The Morgan fingerprint density at radius 2 is 2.05 bits per heavy atom. The van der Waals surface area contributed by atoms with Crippen LogP contribution < -0.4 is 5.32 Å². The molecule has 0 aliphatic rings. The van der Waals surface area contributed by atoms with Crippen molar-refractivity contribution >= 4 is 5.91 Å². The third-order valence-corrected chi connectivity index (χ3v) is 3.06. The van der Waals surface area contributed by atoms with Gasteiger partial charge in [0.25, 0.3) is 5.91 Å². The Morgan fingerprint density at radius 1 is 1.30 bits per heavy atom. The molecule has 0 saturated carbocycles. The number of pyridine rings is 1. The van der Waals surface area contributed by atoms with E-state index in [1.165, 1.54) is 11.8 Å². The average Bonchev–Trinajstić information content (AvgIpc) is 2.53. The molecule has 20 heavy (non-hydrogen) atoms. The molecular weight excluding hydrogens is 250 g/mol. The molecule has 1 aromatic heterocycles. The van der Waals surface area contributed by atoms with E-state index in [2.05, 4.69) is 17.2 Å². The first-order valence-electron chi connectivity index (χ1n) is 6.40. The summed E-state index contributed by atoms with van der Waals surface area (Å²) in [6.07, 6.45) is 1.40. The molecule has 0 aliphatic heterocycles. The molecule has 2 rings (SSSR count). The van der Waals surface area contributed by atoms with Gasteiger partial charge < -0.3 is 5.32 Å². The lowest BCUT2D eigenvalue weighted by molar-refractivity contribution is 0.0946. The van der Waals surface area contributed by atoms with Gasteiger partial charge in [-0.25, -0.2) is 4.98 Å². The largest absolute Gasteiger partial charge is 0.350 e. The molecule has 4 nitrogen and oxygen atoms in total. The number of nitrogens with zero attached hydrogens (tertiary/aromatic N) is 2. The second kappa shape index (κ2) is 6.48. The van der Waals surface area contributed by atoms with E-state index < -0.39 is 0 Å². The molecule has 0 aliphatic carbocycles. The van der Waals surface area contributed by atoms with E-state index in [1.807, 2.05) is 36.4 Å². The average molecular weight is 265 g/mol. The van der Waals surface area contributed by atoms with E-state index >= 15 is 0 Å². The quantitative estimate of drug-likeness (QED) is 0.923. The number of nitriles is 1. The number of hydrogen-bond donors (Lipinski definition) is 1. The number of carbonyl (C=O) groups is 1. The van der Waals surface area contributed by atoms with Crippen molar-refractivity contribution in [2.24, 2.45) is 0 Å². The number of rotatable bonds is 4. The first kappa shape index (κ1) is 13.8. The van der Waals surface area contributed by atoms with E-state index in [1.54, 1.807) is 12.1 Å². The van der Waals surface area contributed by atoms with Gasteiger partial charge >= 0.3 is 0 Å². The molecule has 4 heteroatoms. The Balaban J connectivity index is 1.93. The minimum atomic E-state index is -0.225. The van der Waals surface area contributed by atoms with E-state index in [4.69, 9.17) is 5.26 Å². The molecule has 1 unspecified atom stereocenters. The topological polar surface area (TPSA) is 65.8 Å². The fourth-order valence-corrected chi connectivity index (χ4v) is 1.83. The molecule has 1 amide bonds. The summed E-state index contributed by atoms with van der Waals surface area (Å²) in [5.74, 6) is 0.0100. The van der Waals surface area contributed by atoms with Crippen molar-refractivity contribution in [2.75, 3.05) is 6.54 Å². The van der Waals surface area contributed by atoms with Crippen molar-refractivity contribution in [3.8, 4) is 6.07 Å². The van der Waals surface area contributed by atoms with E-state index in [0.717, 1.165) is 0 Å². The molecule has 1 atom stereocenters. The Kier molecular flexibility index (Phi) is 4.46. The van der Waals surface area contributed by atoms with Crippen LogP contribution in [0, 0.1) is 11.3 Å². The van der Waals surface area contributed by atoms with Gasteiger partial charge in [0.05, 0.1) is 5.56 Å². The maximum absolute atomic E-state index is 11.9. The van der Waals surface area contributed by atoms with Gasteiger partial charge in [-0.15, -0.1) is 0 Å². The van der Waals surface area contributed by atoms with Crippen molar-refractivity contribution < 1.29 is 4.79 Å². The standard InChI is InChI=1S/C16H15N3O/c1-12(14-5-3-2-4-6-14)10-19-16(20)15-8-7-13(9-17)11-18-15/h2-8,11-12H,10H2,1H3,(H,19,20). The van der Waals surface area contributed by atoms with Gasteiger partial charge in [-0.05, 0) is 23.6 Å². The fourth-order valence-electron chi connectivity index (χ4n) is 1.83. The zero-order chi connectivity index (χ0) is 14.4. The Bertz CT molecular complexity index is 614. The molecule has 0 spiro atoms. The lowest BCUT2D eigenvalue weighted by atomic mass is 10.0. The minimum absolute atomic E-state index is 0.225. The summed E-state index contributed by atoms with van der Waals surface area (Å²) in [6, 6.07) is 15.1. The summed E-state index contributed by atoms with van der Waals surface area (Å²) < 4.78 is 0. The van der Waals surface area contributed by atoms with Crippen LogP contribution in [-0.2, 0) is 0 Å². The third kappa shape index (κ3) is 3.42. The second-order valence-corrected chi connectivity index (χ2v) is 4.57. The summed E-state index contributed by atoms with van der Waals surface area (Å²) in [4.78, 5) is 15.9. The van der Waals surface area contributed by atoms with Gasteiger partial charge in [0.15, 0.2) is 0 Å². The van der Waals surface area contributed by atoms with Crippen LogP contribution >= 0.6 is 0 Å². The number of amides is 1. The van der Waals surface area contributed by atoms with E-state index in [9.17, 15) is 4.79 Å². The highest BCUT2D eigenvalue weighted by Gasteiger charge is 2.10. The molecule has 100 valence electrons. The smallest absolute Gasteiger partial charge is 0.269 e. The highest BCUT2D eigenvalue weighted by atomic mass is 16.1. The van der Waals surface area contributed by atoms with Crippen LogP contribution in [0.3, 0.4) is 0 Å². The van der Waals surface area contributed by atoms with Gasteiger partial charge in [-0.1, -0.05) is 37.3 Å². The number of nitrogens with one attached hydrogen (secondary N) is 1. The van der Waals surface area contributed by atoms with Gasteiger partial charge in [0.2, 0.25) is 0 Å². The fraction of sp³-hybridized carbons (Fsp3) is 0.188. The number of hydrogen-bond acceptors (Lipinski definition) is 3. The van der Waals surface area contributed by atoms with Crippen LogP contribution in [0.4, 0.5) is 0 Å². The van der Waals surface area contributed by atoms with Crippen molar-refractivity contribution in [3.05, 3.63) is 65.5 Å². The molecule has 1 aromatic carbocycles. The molecule has 0 bridgehead atoms. The molecule has 2 aromatic rings. The van der Waals surface area contributed by atoms with Crippen LogP contribution in [0.1, 0.15) is 34.5 Å². The minimum Gasteiger partial charge on any atom is -0.350 e. The number of carbonyl (C=O) groups excluding carboxylic acids is 1. The van der Waals surface area contributed by atoms with Crippen LogP contribution in [0.5, 0.6) is 0 Å². The summed E-state index contributed by atoms with van der Waals surface area (Å²) in [5.41, 5.74) is 1.95. The maximum atomic E-state index is 11.9. The zero-order valence-corrected chi connectivity index (χ0v) is 11.2. The molecule has 0 fully saturated rings. The normalized spacial score (nSPS) is 11.4. The van der Waals surface area contributed by atoms with Crippen LogP contribution in [0.25, 0.3) is 0 Å². The van der Waals surface area contributed by atoms with E-state index in [0.29, 0.717) is 17.8 Å². The molecule has 1 heterocycles. The summed E-state index contributed by atoms with van der Waals surface area (Å²) >= 11 is 0. The monoisotopic (exact) mass is 265 g/mol. The van der Waals surface area contributed by atoms with Gasteiger partial charge in [0.1, 0.15) is 11.8 Å². The highest BCUT2D eigenvalue weighted by Crippen LogP contribution is 2.13. The van der Waals surface area contributed by atoms with Crippen LogP contribution in [-0.4, -0.2) is 17.4 Å². The second-order valence-electron chi connectivity index (χ2n) is 4.57. The molecular formula is C16H15N3O.